The largest absolute Gasteiger partial charge is 0.497 e. The van der Waals surface area contributed by atoms with Crippen LogP contribution in [-0.2, 0) is 6.54 Å². The fraction of sp³-hybridized carbons (Fsp3) is 0.385. The fourth-order valence-electron chi connectivity index (χ4n) is 4.40. The molecule has 0 aliphatic carbocycles. The molecular formula is C26H32N4O2. The fourth-order valence-corrected chi connectivity index (χ4v) is 4.40. The molecule has 1 N–H and O–H groups in total. The first kappa shape index (κ1) is 22.1. The van der Waals surface area contributed by atoms with Crippen LogP contribution in [-0.4, -0.2) is 47.3 Å². The Hall–Kier alpha value is -3.12. The molecule has 4 rings (SSSR count). The Morgan fingerprint density at radius 3 is 2.34 bits per heavy atom. The summed E-state index contributed by atoms with van der Waals surface area (Å²) in [5.74, 6) is 0.805. The smallest absolute Gasteiger partial charge is 0.251 e. The number of ether oxygens (including phenoxy) is 1. The van der Waals surface area contributed by atoms with E-state index in [1.807, 2.05) is 48.0 Å². The first-order valence-corrected chi connectivity index (χ1v) is 11.3. The van der Waals surface area contributed by atoms with E-state index < -0.39 is 0 Å². The SMILES string of the molecule is COc1ccc(C(CNC(=O)c2ccc(Cn3nc(C)cc3C)cc2)N2CCCC2)cc1. The van der Waals surface area contributed by atoms with Gasteiger partial charge in [0.25, 0.3) is 5.91 Å². The van der Waals surface area contributed by atoms with Crippen LogP contribution in [0.2, 0.25) is 0 Å². The predicted octanol–water partition coefficient (Wildman–Crippen LogP) is 4.12. The monoisotopic (exact) mass is 432 g/mol. The van der Waals surface area contributed by atoms with E-state index in [0.717, 1.165) is 35.8 Å². The quantitative estimate of drug-likeness (QED) is 0.582. The van der Waals surface area contributed by atoms with Gasteiger partial charge in [0, 0.05) is 17.8 Å². The van der Waals surface area contributed by atoms with Gasteiger partial charge in [-0.05, 0) is 81.2 Å². The maximum atomic E-state index is 12.9. The van der Waals surface area contributed by atoms with Gasteiger partial charge >= 0.3 is 0 Å². The highest BCUT2D eigenvalue weighted by atomic mass is 16.5. The van der Waals surface area contributed by atoms with Crippen molar-refractivity contribution in [3.05, 3.63) is 82.7 Å². The molecule has 0 radical (unpaired) electrons. The molecule has 0 spiro atoms. The van der Waals surface area contributed by atoms with Crippen LogP contribution in [0, 0.1) is 13.8 Å². The Morgan fingerprint density at radius 2 is 1.75 bits per heavy atom. The Labute approximate surface area is 190 Å². The normalized spacial score (nSPS) is 15.0. The van der Waals surface area contributed by atoms with Crippen molar-refractivity contribution in [2.75, 3.05) is 26.7 Å². The molecule has 0 saturated carbocycles. The molecule has 1 atom stereocenters. The van der Waals surface area contributed by atoms with E-state index in [2.05, 4.69) is 40.4 Å². The lowest BCUT2D eigenvalue weighted by Crippen LogP contribution is -2.36. The standard InChI is InChI=1S/C26H32N4O2/c1-19-16-20(2)30(28-19)18-21-6-8-23(9-7-21)26(31)27-17-25(29-14-4-5-15-29)22-10-12-24(32-3)13-11-22/h6-13,16,25H,4-5,14-15,17-18H2,1-3H3,(H,27,31). The zero-order valence-electron chi connectivity index (χ0n) is 19.2. The van der Waals surface area contributed by atoms with Crippen LogP contribution in [0.1, 0.15) is 51.8 Å². The van der Waals surface area contributed by atoms with Crippen LogP contribution in [0.15, 0.2) is 54.6 Å². The molecular weight excluding hydrogens is 400 g/mol. The van der Waals surface area contributed by atoms with Gasteiger partial charge in [-0.15, -0.1) is 0 Å². The molecule has 1 fully saturated rings. The van der Waals surface area contributed by atoms with Gasteiger partial charge < -0.3 is 10.1 Å². The summed E-state index contributed by atoms with van der Waals surface area (Å²) < 4.78 is 7.28. The third kappa shape index (κ3) is 5.19. The number of aromatic nitrogens is 2. The minimum Gasteiger partial charge on any atom is -0.497 e. The Balaban J connectivity index is 1.40. The molecule has 32 heavy (non-hydrogen) atoms. The summed E-state index contributed by atoms with van der Waals surface area (Å²) >= 11 is 0. The number of benzene rings is 2. The third-order valence-electron chi connectivity index (χ3n) is 6.19. The van der Waals surface area contributed by atoms with Gasteiger partial charge in [-0.25, -0.2) is 0 Å². The number of aryl methyl sites for hydroxylation is 2. The summed E-state index contributed by atoms with van der Waals surface area (Å²) in [7, 11) is 1.68. The average Bonchev–Trinajstić information content (AvgIpc) is 3.44. The lowest BCUT2D eigenvalue weighted by atomic mass is 10.0. The predicted molar refractivity (Wildman–Crippen MR) is 126 cm³/mol. The number of amides is 1. The molecule has 2 aromatic carbocycles. The van der Waals surface area contributed by atoms with Crippen molar-refractivity contribution < 1.29 is 9.53 Å². The lowest BCUT2D eigenvalue weighted by molar-refractivity contribution is 0.0938. The zero-order chi connectivity index (χ0) is 22.5. The van der Waals surface area contributed by atoms with Crippen LogP contribution in [0.25, 0.3) is 0 Å². The van der Waals surface area contributed by atoms with Crippen LogP contribution < -0.4 is 10.1 Å². The van der Waals surface area contributed by atoms with E-state index >= 15 is 0 Å². The first-order valence-electron chi connectivity index (χ1n) is 11.3. The van der Waals surface area contributed by atoms with Crippen LogP contribution in [0.4, 0.5) is 0 Å². The topological polar surface area (TPSA) is 59.4 Å². The molecule has 6 nitrogen and oxygen atoms in total. The number of rotatable bonds is 8. The van der Waals surface area contributed by atoms with Gasteiger partial charge in [-0.2, -0.15) is 5.10 Å². The Kier molecular flexibility index (Phi) is 6.90. The number of carbonyl (C=O) groups is 1. The number of carbonyl (C=O) groups excluding carboxylic acids is 1. The average molecular weight is 433 g/mol. The van der Waals surface area contributed by atoms with Gasteiger partial charge in [-0.1, -0.05) is 24.3 Å². The number of nitrogens with one attached hydrogen (secondary N) is 1. The van der Waals surface area contributed by atoms with Crippen molar-refractivity contribution in [3.63, 3.8) is 0 Å². The van der Waals surface area contributed by atoms with Gasteiger partial charge in [0.15, 0.2) is 0 Å². The van der Waals surface area contributed by atoms with Crippen LogP contribution in [0.5, 0.6) is 5.75 Å². The highest BCUT2D eigenvalue weighted by molar-refractivity contribution is 5.94. The van der Waals surface area contributed by atoms with E-state index in [0.29, 0.717) is 18.7 Å². The van der Waals surface area contributed by atoms with E-state index in [1.165, 1.54) is 18.4 Å². The molecule has 1 saturated heterocycles. The van der Waals surface area contributed by atoms with Crippen molar-refractivity contribution in [2.24, 2.45) is 0 Å². The second-order valence-corrected chi connectivity index (χ2v) is 8.52. The summed E-state index contributed by atoms with van der Waals surface area (Å²) in [6, 6.07) is 18.2. The van der Waals surface area contributed by atoms with Crippen LogP contribution >= 0.6 is 0 Å². The van der Waals surface area contributed by atoms with Gasteiger partial charge in [0.2, 0.25) is 0 Å². The van der Waals surface area contributed by atoms with E-state index in [9.17, 15) is 4.79 Å². The van der Waals surface area contributed by atoms with Crippen molar-refractivity contribution in [2.45, 2.75) is 39.3 Å². The highest BCUT2D eigenvalue weighted by Gasteiger charge is 2.24. The number of likely N-dealkylation sites (tertiary alicyclic amines) is 1. The van der Waals surface area contributed by atoms with Gasteiger partial charge in [0.05, 0.1) is 25.4 Å². The van der Waals surface area contributed by atoms with Crippen molar-refractivity contribution >= 4 is 5.91 Å². The van der Waals surface area contributed by atoms with Crippen molar-refractivity contribution in [3.8, 4) is 5.75 Å². The Morgan fingerprint density at radius 1 is 1.06 bits per heavy atom. The van der Waals surface area contributed by atoms with Crippen molar-refractivity contribution in [1.82, 2.24) is 20.0 Å². The number of nitrogens with zero attached hydrogens (tertiary/aromatic N) is 3. The maximum absolute atomic E-state index is 12.9. The highest BCUT2D eigenvalue weighted by Crippen LogP contribution is 2.26. The zero-order valence-corrected chi connectivity index (χ0v) is 19.2. The van der Waals surface area contributed by atoms with Crippen molar-refractivity contribution in [1.29, 1.82) is 0 Å². The van der Waals surface area contributed by atoms with E-state index in [4.69, 9.17) is 4.74 Å². The van der Waals surface area contributed by atoms with E-state index in [-0.39, 0.29) is 11.9 Å². The summed E-state index contributed by atoms with van der Waals surface area (Å²) in [6.07, 6.45) is 2.41. The first-order chi connectivity index (χ1) is 15.5. The molecule has 0 bridgehead atoms. The molecule has 2 heterocycles. The molecule has 1 aliphatic heterocycles. The van der Waals surface area contributed by atoms with Gasteiger partial charge in [0.1, 0.15) is 5.75 Å². The summed E-state index contributed by atoms with van der Waals surface area (Å²) in [5.41, 5.74) is 5.16. The Bertz CT molecular complexity index is 1030. The molecule has 1 aliphatic rings. The third-order valence-corrected chi connectivity index (χ3v) is 6.19. The number of hydrogen-bond donors (Lipinski definition) is 1. The second kappa shape index (κ2) is 10.0. The second-order valence-electron chi connectivity index (χ2n) is 8.52. The minimum atomic E-state index is -0.0413. The maximum Gasteiger partial charge on any atom is 0.251 e. The molecule has 6 heteroatoms. The minimum absolute atomic E-state index is 0.0413. The van der Waals surface area contributed by atoms with E-state index in [1.54, 1.807) is 7.11 Å². The summed E-state index contributed by atoms with van der Waals surface area (Å²) in [4.78, 5) is 15.3. The van der Waals surface area contributed by atoms with Crippen LogP contribution in [0.3, 0.4) is 0 Å². The molecule has 3 aromatic rings. The molecule has 1 unspecified atom stereocenters. The van der Waals surface area contributed by atoms with Gasteiger partial charge in [-0.3, -0.25) is 14.4 Å². The summed E-state index contributed by atoms with van der Waals surface area (Å²) in [6.45, 7) is 7.47. The molecule has 1 aromatic heterocycles. The molecule has 1 amide bonds. The lowest BCUT2D eigenvalue weighted by Gasteiger charge is -2.28. The summed E-state index contributed by atoms with van der Waals surface area (Å²) in [5, 5.41) is 7.67. The molecule has 168 valence electrons. The number of methoxy groups -OCH3 is 1. The number of hydrogen-bond acceptors (Lipinski definition) is 4.